The Morgan fingerprint density at radius 2 is 1.90 bits per heavy atom. The van der Waals surface area contributed by atoms with Gasteiger partial charge in [0.25, 0.3) is 0 Å². The molecule has 21 heavy (non-hydrogen) atoms. The van der Waals surface area contributed by atoms with Crippen LogP contribution in [0.4, 0.5) is 0 Å². The molecule has 0 spiro atoms. The standard InChI is InChI=1S/C15H25ClN2O2S/c1-5-10-17-11-12(2)21(19,20)18(4)13(3)14-8-6-7-9-15(14)16/h6-9,12-13,17H,5,10-11H2,1-4H3. The van der Waals surface area contributed by atoms with E-state index in [4.69, 9.17) is 11.6 Å². The molecule has 2 unspecified atom stereocenters. The first-order valence-electron chi connectivity index (χ1n) is 7.24. The normalized spacial score (nSPS) is 15.1. The van der Waals surface area contributed by atoms with Gasteiger partial charge in [0.05, 0.1) is 5.25 Å². The molecule has 1 aromatic carbocycles. The quantitative estimate of drug-likeness (QED) is 0.744. The maximum absolute atomic E-state index is 12.6. The molecular weight excluding hydrogens is 308 g/mol. The zero-order valence-corrected chi connectivity index (χ0v) is 14.7. The Balaban J connectivity index is 2.85. The molecule has 0 aromatic heterocycles. The second kappa shape index (κ2) is 8.13. The fourth-order valence-corrected chi connectivity index (χ4v) is 3.85. The summed E-state index contributed by atoms with van der Waals surface area (Å²) in [6, 6.07) is 7.05. The summed E-state index contributed by atoms with van der Waals surface area (Å²) in [5.74, 6) is 0. The summed E-state index contributed by atoms with van der Waals surface area (Å²) in [6.45, 7) is 6.91. The lowest BCUT2D eigenvalue weighted by Crippen LogP contribution is -2.41. The highest BCUT2D eigenvalue weighted by molar-refractivity contribution is 7.89. The molecule has 2 atom stereocenters. The predicted molar refractivity (Wildman–Crippen MR) is 89.2 cm³/mol. The molecule has 0 heterocycles. The fraction of sp³-hybridized carbons (Fsp3) is 0.600. The van der Waals surface area contributed by atoms with Gasteiger partial charge in [-0.1, -0.05) is 36.7 Å². The topological polar surface area (TPSA) is 49.4 Å². The lowest BCUT2D eigenvalue weighted by atomic mass is 10.1. The van der Waals surface area contributed by atoms with Crippen LogP contribution in [-0.2, 0) is 10.0 Å². The van der Waals surface area contributed by atoms with Crippen molar-refractivity contribution in [1.29, 1.82) is 0 Å². The van der Waals surface area contributed by atoms with Crippen LogP contribution in [-0.4, -0.2) is 38.1 Å². The van der Waals surface area contributed by atoms with Crippen LogP contribution in [0.5, 0.6) is 0 Å². The second-order valence-corrected chi connectivity index (χ2v) is 8.09. The molecule has 0 aliphatic carbocycles. The number of nitrogens with one attached hydrogen (secondary N) is 1. The first-order chi connectivity index (χ1) is 9.82. The Morgan fingerprint density at radius 1 is 1.29 bits per heavy atom. The number of nitrogens with zero attached hydrogens (tertiary/aromatic N) is 1. The number of hydrogen-bond donors (Lipinski definition) is 1. The van der Waals surface area contributed by atoms with Gasteiger partial charge < -0.3 is 5.32 Å². The Labute approximate surface area is 133 Å². The van der Waals surface area contributed by atoms with Crippen LogP contribution in [0.1, 0.15) is 38.8 Å². The molecule has 1 aromatic rings. The Morgan fingerprint density at radius 3 is 2.48 bits per heavy atom. The van der Waals surface area contributed by atoms with Gasteiger partial charge >= 0.3 is 0 Å². The first kappa shape index (κ1) is 18.4. The molecule has 0 amide bonds. The van der Waals surface area contributed by atoms with Gasteiger partial charge in [0.15, 0.2) is 0 Å². The van der Waals surface area contributed by atoms with E-state index < -0.39 is 15.3 Å². The Kier molecular flexibility index (Phi) is 7.13. The zero-order chi connectivity index (χ0) is 16.0. The third-order valence-corrected chi connectivity index (χ3v) is 6.32. The maximum Gasteiger partial charge on any atom is 0.218 e. The summed E-state index contributed by atoms with van der Waals surface area (Å²) in [7, 11) is -1.76. The second-order valence-electron chi connectivity index (χ2n) is 5.27. The van der Waals surface area contributed by atoms with Crippen molar-refractivity contribution >= 4 is 21.6 Å². The van der Waals surface area contributed by atoms with Crippen molar-refractivity contribution in [3.8, 4) is 0 Å². The van der Waals surface area contributed by atoms with Crippen LogP contribution in [0, 0.1) is 0 Å². The summed E-state index contributed by atoms with van der Waals surface area (Å²) >= 11 is 6.16. The SMILES string of the molecule is CCCNCC(C)S(=O)(=O)N(C)C(C)c1ccccc1Cl. The lowest BCUT2D eigenvalue weighted by Gasteiger charge is -2.28. The van der Waals surface area contributed by atoms with Crippen LogP contribution >= 0.6 is 11.6 Å². The minimum absolute atomic E-state index is 0.294. The maximum atomic E-state index is 12.6. The Bertz CT molecular complexity index is 548. The van der Waals surface area contributed by atoms with Crippen LogP contribution in [0.15, 0.2) is 24.3 Å². The van der Waals surface area contributed by atoms with Crippen molar-refractivity contribution in [2.24, 2.45) is 0 Å². The van der Waals surface area contributed by atoms with Crippen molar-refractivity contribution in [2.45, 2.75) is 38.5 Å². The average molecular weight is 333 g/mol. The largest absolute Gasteiger partial charge is 0.315 e. The molecule has 0 bridgehead atoms. The van der Waals surface area contributed by atoms with Crippen molar-refractivity contribution in [2.75, 3.05) is 20.1 Å². The van der Waals surface area contributed by atoms with Gasteiger partial charge in [-0.05, 0) is 38.4 Å². The molecule has 1 N–H and O–H groups in total. The molecule has 4 nitrogen and oxygen atoms in total. The summed E-state index contributed by atoms with van der Waals surface area (Å²) in [4.78, 5) is 0. The summed E-state index contributed by atoms with van der Waals surface area (Å²) in [5.41, 5.74) is 0.818. The summed E-state index contributed by atoms with van der Waals surface area (Å²) < 4.78 is 26.6. The summed E-state index contributed by atoms with van der Waals surface area (Å²) in [6.07, 6.45) is 0.985. The predicted octanol–water partition coefficient (Wildman–Crippen LogP) is 3.05. The first-order valence-corrected chi connectivity index (χ1v) is 9.12. The van der Waals surface area contributed by atoms with Gasteiger partial charge in [-0.25, -0.2) is 8.42 Å². The molecule has 0 saturated heterocycles. The molecule has 0 saturated carbocycles. The number of rotatable bonds is 8. The van der Waals surface area contributed by atoms with Gasteiger partial charge in [0.1, 0.15) is 0 Å². The van der Waals surface area contributed by atoms with Crippen molar-refractivity contribution in [1.82, 2.24) is 9.62 Å². The van der Waals surface area contributed by atoms with Crippen molar-refractivity contribution < 1.29 is 8.42 Å². The third-order valence-electron chi connectivity index (χ3n) is 3.67. The van der Waals surface area contributed by atoms with Crippen LogP contribution in [0.3, 0.4) is 0 Å². The van der Waals surface area contributed by atoms with Crippen molar-refractivity contribution in [3.63, 3.8) is 0 Å². The number of halogens is 1. The smallest absolute Gasteiger partial charge is 0.218 e. The van der Waals surface area contributed by atoms with E-state index in [1.165, 1.54) is 4.31 Å². The molecule has 0 radical (unpaired) electrons. The zero-order valence-electron chi connectivity index (χ0n) is 13.1. The van der Waals surface area contributed by atoms with Gasteiger partial charge in [0.2, 0.25) is 10.0 Å². The third kappa shape index (κ3) is 4.68. The monoisotopic (exact) mass is 332 g/mol. The van der Waals surface area contributed by atoms with E-state index in [1.807, 2.05) is 25.1 Å². The number of benzene rings is 1. The highest BCUT2D eigenvalue weighted by Gasteiger charge is 2.30. The minimum atomic E-state index is -3.37. The summed E-state index contributed by atoms with van der Waals surface area (Å²) in [5, 5.41) is 3.27. The number of sulfonamides is 1. The minimum Gasteiger partial charge on any atom is -0.315 e. The highest BCUT2D eigenvalue weighted by atomic mass is 35.5. The molecule has 0 aliphatic rings. The van der Waals surface area contributed by atoms with E-state index in [0.29, 0.717) is 11.6 Å². The molecule has 0 fully saturated rings. The molecular formula is C15H25ClN2O2S. The highest BCUT2D eigenvalue weighted by Crippen LogP contribution is 2.28. The van der Waals surface area contributed by atoms with E-state index in [2.05, 4.69) is 12.2 Å². The van der Waals surface area contributed by atoms with E-state index in [0.717, 1.165) is 18.5 Å². The van der Waals surface area contributed by atoms with E-state index in [9.17, 15) is 8.42 Å². The van der Waals surface area contributed by atoms with Gasteiger partial charge in [0, 0.05) is 24.7 Å². The van der Waals surface area contributed by atoms with Crippen LogP contribution in [0.2, 0.25) is 5.02 Å². The molecule has 1 rings (SSSR count). The van der Waals surface area contributed by atoms with E-state index in [-0.39, 0.29) is 6.04 Å². The van der Waals surface area contributed by atoms with Crippen LogP contribution < -0.4 is 5.32 Å². The van der Waals surface area contributed by atoms with E-state index >= 15 is 0 Å². The van der Waals surface area contributed by atoms with Crippen LogP contribution in [0.25, 0.3) is 0 Å². The Hall–Kier alpha value is -0.620. The lowest BCUT2D eigenvalue weighted by molar-refractivity contribution is 0.391. The van der Waals surface area contributed by atoms with Gasteiger partial charge in [-0.3, -0.25) is 0 Å². The molecule has 6 heteroatoms. The fourth-order valence-electron chi connectivity index (χ4n) is 2.10. The molecule has 0 aliphatic heterocycles. The van der Waals surface area contributed by atoms with Gasteiger partial charge in [-0.15, -0.1) is 0 Å². The number of hydrogen-bond acceptors (Lipinski definition) is 3. The van der Waals surface area contributed by atoms with E-state index in [1.54, 1.807) is 20.0 Å². The molecule has 120 valence electrons. The average Bonchev–Trinajstić information content (AvgIpc) is 2.46. The van der Waals surface area contributed by atoms with Crippen molar-refractivity contribution in [3.05, 3.63) is 34.9 Å². The van der Waals surface area contributed by atoms with Gasteiger partial charge in [-0.2, -0.15) is 4.31 Å².